The van der Waals surface area contributed by atoms with E-state index in [1.165, 1.54) is 90.1 Å². The largest absolute Gasteiger partial charge is 0.309 e. The topological polar surface area (TPSA) is 4.93 Å². The molecule has 0 aliphatic heterocycles. The quantitative estimate of drug-likeness (QED) is 0.188. The van der Waals surface area contributed by atoms with Crippen molar-refractivity contribution in [1.29, 1.82) is 0 Å². The number of nitrogens with zero attached hydrogens (tertiary/aromatic N) is 1. The molecular formula is C42H25NS2. The maximum absolute atomic E-state index is 2.45. The normalized spacial score (nSPS) is 12.0. The van der Waals surface area contributed by atoms with Crippen LogP contribution < -0.4 is 0 Å². The van der Waals surface area contributed by atoms with Crippen molar-refractivity contribution < 1.29 is 0 Å². The maximum Gasteiger partial charge on any atom is 0.0547 e. The van der Waals surface area contributed by atoms with Crippen molar-refractivity contribution in [3.05, 3.63) is 152 Å². The van der Waals surface area contributed by atoms with Gasteiger partial charge in [0.2, 0.25) is 0 Å². The number of benzene rings is 7. The van der Waals surface area contributed by atoms with Gasteiger partial charge in [0, 0.05) is 56.8 Å². The van der Waals surface area contributed by atoms with Gasteiger partial charge in [0.05, 0.1) is 11.0 Å². The standard InChI is InChI=1S/C42H25NS2/c1-2-10-28(11-3-1)43-37-24-26(29-14-8-16-35-33-12-4-6-18-39(33)44-41(29)35)20-22-31(37)32-23-21-27(25-38(32)43)30-15-9-17-36-34-13-5-7-19-40(34)45-42(30)36/h1-25H. The lowest BCUT2D eigenvalue weighted by Gasteiger charge is -2.10. The van der Waals surface area contributed by atoms with Crippen molar-refractivity contribution in [2.75, 3.05) is 0 Å². The monoisotopic (exact) mass is 607 g/mol. The Morgan fingerprint density at radius 1 is 0.356 bits per heavy atom. The zero-order chi connectivity index (χ0) is 29.5. The summed E-state index contributed by atoms with van der Waals surface area (Å²) >= 11 is 3.78. The molecule has 0 spiro atoms. The molecule has 0 atom stereocenters. The van der Waals surface area contributed by atoms with Crippen LogP contribution in [-0.4, -0.2) is 4.57 Å². The van der Waals surface area contributed by atoms with Gasteiger partial charge in [-0.3, -0.25) is 0 Å². The highest BCUT2D eigenvalue weighted by Gasteiger charge is 2.17. The Labute approximate surface area is 267 Å². The highest BCUT2D eigenvalue weighted by molar-refractivity contribution is 7.26. The van der Waals surface area contributed by atoms with Gasteiger partial charge < -0.3 is 4.57 Å². The number of fused-ring (bicyclic) bond motifs is 9. The van der Waals surface area contributed by atoms with E-state index >= 15 is 0 Å². The molecule has 45 heavy (non-hydrogen) atoms. The second-order valence-electron chi connectivity index (χ2n) is 11.7. The molecule has 0 amide bonds. The zero-order valence-electron chi connectivity index (χ0n) is 24.2. The van der Waals surface area contributed by atoms with Crippen molar-refractivity contribution in [3.63, 3.8) is 0 Å². The molecule has 3 heterocycles. The maximum atomic E-state index is 2.45. The van der Waals surface area contributed by atoms with Gasteiger partial charge in [0.25, 0.3) is 0 Å². The van der Waals surface area contributed by atoms with Crippen LogP contribution >= 0.6 is 22.7 Å². The van der Waals surface area contributed by atoms with E-state index in [2.05, 4.69) is 156 Å². The molecule has 0 unspecified atom stereocenters. The molecule has 10 rings (SSSR count). The molecule has 0 radical (unpaired) electrons. The van der Waals surface area contributed by atoms with Gasteiger partial charge in [-0.15, -0.1) is 22.7 Å². The fraction of sp³-hybridized carbons (Fsp3) is 0. The van der Waals surface area contributed by atoms with Crippen molar-refractivity contribution in [2.45, 2.75) is 0 Å². The first kappa shape index (κ1) is 25.1. The summed E-state index contributed by atoms with van der Waals surface area (Å²) in [6.45, 7) is 0. The Morgan fingerprint density at radius 2 is 0.822 bits per heavy atom. The molecule has 0 N–H and O–H groups in total. The molecule has 210 valence electrons. The van der Waals surface area contributed by atoms with E-state index in [1.54, 1.807) is 0 Å². The number of para-hydroxylation sites is 1. The molecule has 1 nitrogen and oxygen atoms in total. The molecule has 3 heteroatoms. The summed E-state index contributed by atoms with van der Waals surface area (Å²) in [5, 5.41) is 7.87. The van der Waals surface area contributed by atoms with E-state index in [-0.39, 0.29) is 0 Å². The van der Waals surface area contributed by atoms with Crippen LogP contribution in [0.4, 0.5) is 0 Å². The van der Waals surface area contributed by atoms with Crippen LogP contribution in [0.2, 0.25) is 0 Å². The first-order valence-corrected chi connectivity index (χ1v) is 16.9. The van der Waals surface area contributed by atoms with Gasteiger partial charge in [0.1, 0.15) is 0 Å². The number of rotatable bonds is 3. The van der Waals surface area contributed by atoms with E-state index in [9.17, 15) is 0 Å². The average molecular weight is 608 g/mol. The third-order valence-electron chi connectivity index (χ3n) is 9.21. The van der Waals surface area contributed by atoms with Crippen LogP contribution in [0.5, 0.6) is 0 Å². The summed E-state index contributed by atoms with van der Waals surface area (Å²) in [5.41, 5.74) is 8.69. The highest BCUT2D eigenvalue weighted by atomic mass is 32.1. The Hall–Kier alpha value is -5.22. The van der Waals surface area contributed by atoms with Gasteiger partial charge in [-0.2, -0.15) is 0 Å². The molecule has 0 bridgehead atoms. The predicted octanol–water partition coefficient (Wildman–Crippen LogP) is 12.9. The van der Waals surface area contributed by atoms with E-state index in [4.69, 9.17) is 0 Å². The number of hydrogen-bond donors (Lipinski definition) is 0. The summed E-state index contributed by atoms with van der Waals surface area (Å²) < 4.78 is 7.81. The van der Waals surface area contributed by atoms with Crippen LogP contribution in [0.1, 0.15) is 0 Å². The first-order valence-electron chi connectivity index (χ1n) is 15.3. The van der Waals surface area contributed by atoms with Crippen LogP contribution in [-0.2, 0) is 0 Å². The Kier molecular flexibility index (Phi) is 5.39. The first-order chi connectivity index (χ1) is 22.3. The zero-order valence-corrected chi connectivity index (χ0v) is 25.8. The summed E-state index contributed by atoms with van der Waals surface area (Å²) in [5.74, 6) is 0. The molecule has 0 aliphatic rings. The second-order valence-corrected chi connectivity index (χ2v) is 13.8. The minimum atomic E-state index is 1.17. The number of aromatic nitrogens is 1. The van der Waals surface area contributed by atoms with Crippen molar-refractivity contribution in [1.82, 2.24) is 4.57 Å². The Bertz CT molecular complexity index is 2590. The van der Waals surface area contributed by atoms with E-state index in [1.807, 2.05) is 22.7 Å². The van der Waals surface area contributed by atoms with Crippen molar-refractivity contribution >= 4 is 84.8 Å². The Morgan fingerprint density at radius 3 is 1.36 bits per heavy atom. The van der Waals surface area contributed by atoms with Gasteiger partial charge >= 0.3 is 0 Å². The van der Waals surface area contributed by atoms with E-state index < -0.39 is 0 Å². The van der Waals surface area contributed by atoms with E-state index in [0.717, 1.165) is 0 Å². The summed E-state index contributed by atoms with van der Waals surface area (Å²) in [6, 6.07) is 55.8. The predicted molar refractivity (Wildman–Crippen MR) is 197 cm³/mol. The highest BCUT2D eigenvalue weighted by Crippen LogP contribution is 2.44. The fourth-order valence-electron chi connectivity index (χ4n) is 7.16. The summed E-state index contributed by atoms with van der Waals surface area (Å²) in [7, 11) is 0. The summed E-state index contributed by atoms with van der Waals surface area (Å²) in [6.07, 6.45) is 0. The van der Waals surface area contributed by atoms with Gasteiger partial charge in [-0.25, -0.2) is 0 Å². The second kappa shape index (κ2) is 9.64. The number of thiophene rings is 2. The van der Waals surface area contributed by atoms with Crippen LogP contribution in [0, 0.1) is 0 Å². The molecular weight excluding hydrogens is 583 g/mol. The van der Waals surface area contributed by atoms with Crippen LogP contribution in [0.15, 0.2) is 152 Å². The Balaban J connectivity index is 1.24. The summed E-state index contributed by atoms with van der Waals surface area (Å²) in [4.78, 5) is 0. The van der Waals surface area contributed by atoms with Crippen molar-refractivity contribution in [3.8, 4) is 27.9 Å². The molecule has 0 aliphatic carbocycles. The average Bonchev–Trinajstić information content (AvgIpc) is 3.77. The lowest BCUT2D eigenvalue weighted by Crippen LogP contribution is -1.93. The van der Waals surface area contributed by atoms with E-state index in [0.29, 0.717) is 0 Å². The minimum Gasteiger partial charge on any atom is -0.309 e. The molecule has 0 saturated carbocycles. The minimum absolute atomic E-state index is 1.17. The van der Waals surface area contributed by atoms with Crippen LogP contribution in [0.25, 0.3) is 90.1 Å². The lowest BCUT2D eigenvalue weighted by molar-refractivity contribution is 1.18. The van der Waals surface area contributed by atoms with Gasteiger partial charge in [0.15, 0.2) is 0 Å². The lowest BCUT2D eigenvalue weighted by atomic mass is 10.00. The van der Waals surface area contributed by atoms with Gasteiger partial charge in [-0.1, -0.05) is 115 Å². The number of hydrogen-bond acceptors (Lipinski definition) is 2. The SMILES string of the molecule is c1ccc(-n2c3cc(-c4cccc5c4sc4ccccc45)ccc3c3ccc(-c4cccc5c4sc4ccccc45)cc32)cc1. The molecule has 0 fully saturated rings. The molecule has 3 aromatic heterocycles. The third-order valence-corrected chi connectivity index (χ3v) is 11.7. The smallest absolute Gasteiger partial charge is 0.0547 e. The third kappa shape index (κ3) is 3.72. The molecule has 7 aromatic carbocycles. The van der Waals surface area contributed by atoms with Gasteiger partial charge in [-0.05, 0) is 58.7 Å². The van der Waals surface area contributed by atoms with Crippen molar-refractivity contribution in [2.24, 2.45) is 0 Å². The van der Waals surface area contributed by atoms with Crippen LogP contribution in [0.3, 0.4) is 0 Å². The molecule has 10 aromatic rings. The molecule has 0 saturated heterocycles. The fourth-order valence-corrected chi connectivity index (χ4v) is 9.63.